The van der Waals surface area contributed by atoms with Gasteiger partial charge in [-0.05, 0) is 12.5 Å². The van der Waals surface area contributed by atoms with Crippen LogP contribution in [0.4, 0.5) is 5.82 Å². The smallest absolute Gasteiger partial charge is 0.151 e. The van der Waals surface area contributed by atoms with Gasteiger partial charge >= 0.3 is 0 Å². The highest BCUT2D eigenvalue weighted by atomic mass is 16.1. The summed E-state index contributed by atoms with van der Waals surface area (Å²) in [7, 11) is 0. The van der Waals surface area contributed by atoms with Gasteiger partial charge in [0.05, 0.1) is 0 Å². The molecule has 0 amide bonds. The van der Waals surface area contributed by atoms with Crippen LogP contribution in [-0.2, 0) is 0 Å². The van der Waals surface area contributed by atoms with Crippen LogP contribution in [-0.4, -0.2) is 17.0 Å². The lowest BCUT2D eigenvalue weighted by molar-refractivity contribution is 0.112. The van der Waals surface area contributed by atoms with Gasteiger partial charge in [-0.3, -0.25) is 4.79 Å². The summed E-state index contributed by atoms with van der Waals surface area (Å²) >= 11 is 0. The molecule has 1 heterocycles. The van der Waals surface area contributed by atoms with Crippen molar-refractivity contribution in [1.82, 2.24) is 4.98 Å². The lowest BCUT2D eigenvalue weighted by atomic mass is 10.1. The fourth-order valence-electron chi connectivity index (χ4n) is 0.988. The molecule has 0 aliphatic rings. The molecule has 4 nitrogen and oxygen atoms in total. The Kier molecular flexibility index (Phi) is 2.74. The molecule has 1 rings (SSSR count). The molecule has 0 atom stereocenters. The summed E-state index contributed by atoms with van der Waals surface area (Å²) in [4.78, 5) is 14.3. The van der Waals surface area contributed by atoms with E-state index in [1.54, 1.807) is 6.07 Å². The fraction of sp³-hybridized carbons (Fsp3) is 0.222. The monoisotopic (exact) mass is 177 g/mol. The number of rotatable bonds is 3. The number of carbonyl (C=O) groups is 1. The van der Waals surface area contributed by atoms with E-state index in [4.69, 9.17) is 11.1 Å². The molecule has 68 valence electrons. The van der Waals surface area contributed by atoms with E-state index in [1.165, 1.54) is 6.20 Å². The second-order valence-electron chi connectivity index (χ2n) is 2.65. The van der Waals surface area contributed by atoms with Crippen molar-refractivity contribution in [3.05, 3.63) is 23.4 Å². The van der Waals surface area contributed by atoms with Crippen molar-refractivity contribution in [2.45, 2.75) is 13.3 Å². The molecule has 0 unspecified atom stereocenters. The zero-order valence-corrected chi connectivity index (χ0v) is 7.37. The third-order valence-corrected chi connectivity index (χ3v) is 1.75. The third kappa shape index (κ3) is 1.90. The van der Waals surface area contributed by atoms with Crippen molar-refractivity contribution >= 4 is 17.8 Å². The topological polar surface area (TPSA) is 79.8 Å². The Balaban J connectivity index is 3.18. The summed E-state index contributed by atoms with van der Waals surface area (Å²) in [6.45, 7) is 1.86. The molecule has 4 heteroatoms. The minimum atomic E-state index is 0.303. The van der Waals surface area contributed by atoms with Crippen LogP contribution in [0.5, 0.6) is 0 Å². The van der Waals surface area contributed by atoms with Crippen molar-refractivity contribution in [2.75, 3.05) is 5.73 Å². The molecular formula is C9H11N3O. The Hall–Kier alpha value is -1.71. The van der Waals surface area contributed by atoms with Gasteiger partial charge in [0, 0.05) is 23.0 Å². The summed E-state index contributed by atoms with van der Waals surface area (Å²) in [6, 6.07) is 1.58. The molecule has 0 spiro atoms. The van der Waals surface area contributed by atoms with E-state index >= 15 is 0 Å². The van der Waals surface area contributed by atoms with Crippen molar-refractivity contribution < 1.29 is 4.79 Å². The zero-order valence-electron chi connectivity index (χ0n) is 7.37. The number of nitrogens with zero attached hydrogens (tertiary/aromatic N) is 1. The van der Waals surface area contributed by atoms with Gasteiger partial charge in [0.2, 0.25) is 0 Å². The number of nitrogen functional groups attached to an aromatic ring is 1. The number of aromatic nitrogens is 1. The van der Waals surface area contributed by atoms with E-state index in [0.717, 1.165) is 0 Å². The standard InChI is InChI=1S/C9H11N3O/c1-2-8(10)7-3-6(5-13)4-12-9(7)11/h3-5,10H,2H2,1H3,(H2,11,12). The largest absolute Gasteiger partial charge is 0.383 e. The van der Waals surface area contributed by atoms with Crippen LogP contribution >= 0.6 is 0 Å². The summed E-state index contributed by atoms with van der Waals surface area (Å²) in [5.74, 6) is 0.303. The summed E-state index contributed by atoms with van der Waals surface area (Å²) in [5, 5.41) is 7.56. The highest BCUT2D eigenvalue weighted by Crippen LogP contribution is 2.11. The van der Waals surface area contributed by atoms with Crippen LogP contribution in [0.3, 0.4) is 0 Å². The highest BCUT2D eigenvalue weighted by molar-refractivity contribution is 6.02. The Morgan fingerprint density at radius 1 is 1.77 bits per heavy atom. The maximum absolute atomic E-state index is 10.4. The van der Waals surface area contributed by atoms with Crippen LogP contribution < -0.4 is 5.73 Å². The van der Waals surface area contributed by atoms with Crippen LogP contribution in [0.2, 0.25) is 0 Å². The van der Waals surface area contributed by atoms with E-state index in [2.05, 4.69) is 4.98 Å². The molecule has 0 radical (unpaired) electrons. The van der Waals surface area contributed by atoms with Crippen LogP contribution in [0.15, 0.2) is 12.3 Å². The lowest BCUT2D eigenvalue weighted by Gasteiger charge is -2.04. The van der Waals surface area contributed by atoms with Crippen molar-refractivity contribution in [3.63, 3.8) is 0 Å². The molecule has 0 bridgehead atoms. The molecule has 0 fully saturated rings. The van der Waals surface area contributed by atoms with Crippen molar-refractivity contribution in [1.29, 1.82) is 5.41 Å². The highest BCUT2D eigenvalue weighted by Gasteiger charge is 2.05. The Morgan fingerprint density at radius 3 is 3.00 bits per heavy atom. The van der Waals surface area contributed by atoms with Gasteiger partial charge in [-0.2, -0.15) is 0 Å². The summed E-state index contributed by atoms with van der Waals surface area (Å²) < 4.78 is 0. The minimum Gasteiger partial charge on any atom is -0.383 e. The van der Waals surface area contributed by atoms with Gasteiger partial charge in [0.1, 0.15) is 5.82 Å². The van der Waals surface area contributed by atoms with Gasteiger partial charge < -0.3 is 11.1 Å². The first-order valence-electron chi connectivity index (χ1n) is 3.97. The van der Waals surface area contributed by atoms with Gasteiger partial charge in [-0.1, -0.05) is 6.92 Å². The van der Waals surface area contributed by atoms with E-state index in [9.17, 15) is 4.79 Å². The number of hydrogen-bond acceptors (Lipinski definition) is 4. The number of hydrogen-bond donors (Lipinski definition) is 2. The SMILES string of the molecule is CCC(=N)c1cc(C=O)cnc1N. The van der Waals surface area contributed by atoms with E-state index in [-0.39, 0.29) is 0 Å². The zero-order chi connectivity index (χ0) is 9.84. The molecule has 0 aliphatic carbocycles. The average molecular weight is 177 g/mol. The molecule has 3 N–H and O–H groups in total. The third-order valence-electron chi connectivity index (χ3n) is 1.75. The quantitative estimate of drug-likeness (QED) is 0.538. The normalized spacial score (nSPS) is 9.62. The predicted octanol–water partition coefficient (Wildman–Crippen LogP) is 1.25. The molecule has 0 aromatic carbocycles. The first-order valence-corrected chi connectivity index (χ1v) is 3.97. The second kappa shape index (κ2) is 3.80. The van der Waals surface area contributed by atoms with E-state index in [0.29, 0.717) is 35.4 Å². The lowest BCUT2D eigenvalue weighted by Crippen LogP contribution is -2.05. The van der Waals surface area contributed by atoms with Gasteiger partial charge in [0.15, 0.2) is 6.29 Å². The van der Waals surface area contributed by atoms with Crippen LogP contribution in [0.25, 0.3) is 0 Å². The maximum atomic E-state index is 10.4. The number of aldehydes is 1. The molecule has 13 heavy (non-hydrogen) atoms. The van der Waals surface area contributed by atoms with Crippen molar-refractivity contribution in [3.8, 4) is 0 Å². The molecule has 0 aliphatic heterocycles. The molecular weight excluding hydrogens is 166 g/mol. The predicted molar refractivity (Wildman–Crippen MR) is 51.2 cm³/mol. The first-order chi connectivity index (χ1) is 6.19. The number of nitrogens with one attached hydrogen (secondary N) is 1. The van der Waals surface area contributed by atoms with Crippen LogP contribution in [0.1, 0.15) is 29.3 Å². The Morgan fingerprint density at radius 2 is 2.46 bits per heavy atom. The Labute approximate surface area is 76.3 Å². The van der Waals surface area contributed by atoms with E-state index < -0.39 is 0 Å². The second-order valence-corrected chi connectivity index (χ2v) is 2.65. The van der Waals surface area contributed by atoms with Gasteiger partial charge in [0.25, 0.3) is 0 Å². The molecule has 0 saturated carbocycles. The average Bonchev–Trinajstić information content (AvgIpc) is 2.17. The number of carbonyl (C=O) groups excluding carboxylic acids is 1. The summed E-state index contributed by atoms with van der Waals surface area (Å²) in [5.41, 5.74) is 6.94. The van der Waals surface area contributed by atoms with Crippen LogP contribution in [0, 0.1) is 5.41 Å². The number of pyridine rings is 1. The first kappa shape index (κ1) is 9.38. The molecule has 0 saturated heterocycles. The number of anilines is 1. The van der Waals surface area contributed by atoms with Gasteiger partial charge in [-0.25, -0.2) is 4.98 Å². The Bertz CT molecular complexity index is 347. The van der Waals surface area contributed by atoms with Gasteiger partial charge in [-0.15, -0.1) is 0 Å². The maximum Gasteiger partial charge on any atom is 0.151 e. The fourth-order valence-corrected chi connectivity index (χ4v) is 0.988. The van der Waals surface area contributed by atoms with Crippen molar-refractivity contribution in [2.24, 2.45) is 0 Å². The molecule has 1 aromatic heterocycles. The number of nitrogens with two attached hydrogens (primary N) is 1. The summed E-state index contributed by atoms with van der Waals surface area (Å²) in [6.07, 6.45) is 2.67. The van der Waals surface area contributed by atoms with E-state index in [1.807, 2.05) is 6.92 Å². The minimum absolute atomic E-state index is 0.303. The molecule has 1 aromatic rings.